The van der Waals surface area contributed by atoms with Crippen LogP contribution >= 0.6 is 34.4 Å². The van der Waals surface area contributed by atoms with Gasteiger partial charge in [0.25, 0.3) is 0 Å². The summed E-state index contributed by atoms with van der Waals surface area (Å²) in [6.45, 7) is 10.6. The molecule has 3 heterocycles. The van der Waals surface area contributed by atoms with Crippen molar-refractivity contribution in [1.82, 2.24) is 25.0 Å². The van der Waals surface area contributed by atoms with Gasteiger partial charge in [-0.15, -0.1) is 31.7 Å². The third kappa shape index (κ3) is 4.79. The number of amides is 1. The number of hydrogen-bond acceptors (Lipinski definition) is 8. The lowest BCUT2D eigenvalue weighted by Gasteiger charge is -2.13. The number of anilines is 1. The second kappa shape index (κ2) is 9.15. The van der Waals surface area contributed by atoms with E-state index in [4.69, 9.17) is 0 Å². The molecule has 0 bridgehead atoms. The smallest absolute Gasteiger partial charge is 0.236 e. The minimum absolute atomic E-state index is 0.124. The van der Waals surface area contributed by atoms with Crippen molar-refractivity contribution in [2.45, 2.75) is 58.2 Å². The molecule has 3 aromatic heterocycles. The zero-order valence-electron chi connectivity index (χ0n) is 16.6. The second-order valence-electron chi connectivity index (χ2n) is 6.85. The van der Waals surface area contributed by atoms with Crippen LogP contribution < -0.4 is 5.32 Å². The molecule has 0 aliphatic rings. The first kappa shape index (κ1) is 20.9. The van der Waals surface area contributed by atoms with Gasteiger partial charge in [-0.3, -0.25) is 14.7 Å². The van der Waals surface area contributed by atoms with Gasteiger partial charge in [-0.2, -0.15) is 0 Å². The van der Waals surface area contributed by atoms with E-state index in [0.29, 0.717) is 11.0 Å². The molecule has 0 aromatic carbocycles. The molecule has 7 nitrogen and oxygen atoms in total. The van der Waals surface area contributed by atoms with Crippen molar-refractivity contribution in [3.05, 3.63) is 21.3 Å². The van der Waals surface area contributed by atoms with Crippen LogP contribution in [0, 0.1) is 0 Å². The normalized spacial score (nSPS) is 11.5. The van der Waals surface area contributed by atoms with Gasteiger partial charge in [0.1, 0.15) is 5.01 Å². The molecule has 3 aromatic rings. The van der Waals surface area contributed by atoms with Gasteiger partial charge in [0.2, 0.25) is 11.0 Å². The van der Waals surface area contributed by atoms with Gasteiger partial charge in [0, 0.05) is 21.9 Å². The third-order valence-electron chi connectivity index (χ3n) is 3.98. The molecule has 3 rings (SSSR count). The molecule has 0 spiro atoms. The van der Waals surface area contributed by atoms with E-state index in [-0.39, 0.29) is 17.7 Å². The third-order valence-corrected chi connectivity index (χ3v) is 7.14. The van der Waals surface area contributed by atoms with E-state index in [1.165, 1.54) is 28.0 Å². The maximum Gasteiger partial charge on any atom is 0.236 e. The monoisotopic (exact) mass is 436 g/mol. The summed E-state index contributed by atoms with van der Waals surface area (Å²) in [7, 11) is 0. The van der Waals surface area contributed by atoms with Crippen LogP contribution in [-0.4, -0.2) is 36.6 Å². The molecule has 0 radical (unpaired) electrons. The summed E-state index contributed by atoms with van der Waals surface area (Å²) in [4.78, 5) is 13.6. The summed E-state index contributed by atoms with van der Waals surface area (Å²) >= 11 is 4.52. The Labute approximate surface area is 177 Å². The number of hydrogen-bond donors (Lipinski definition) is 1. The molecule has 1 N–H and O–H groups in total. The van der Waals surface area contributed by atoms with Crippen molar-refractivity contribution in [2.75, 3.05) is 11.1 Å². The average Bonchev–Trinajstić information content (AvgIpc) is 3.38. The van der Waals surface area contributed by atoms with E-state index in [2.05, 4.69) is 69.4 Å². The fraction of sp³-hybridized carbons (Fsp3) is 0.500. The van der Waals surface area contributed by atoms with Crippen molar-refractivity contribution in [2.24, 2.45) is 0 Å². The molecular weight excluding hydrogens is 412 g/mol. The number of nitrogens with zero attached hydrogens (tertiary/aromatic N) is 5. The first-order chi connectivity index (χ1) is 13.4. The molecule has 0 saturated carbocycles. The van der Waals surface area contributed by atoms with Gasteiger partial charge >= 0.3 is 0 Å². The quantitative estimate of drug-likeness (QED) is 0.508. The molecule has 0 unspecified atom stereocenters. The van der Waals surface area contributed by atoms with Crippen molar-refractivity contribution in [1.29, 1.82) is 0 Å². The molecule has 10 heteroatoms. The number of thiophene rings is 1. The fourth-order valence-corrected chi connectivity index (χ4v) is 5.01. The van der Waals surface area contributed by atoms with Crippen LogP contribution in [0.3, 0.4) is 0 Å². The van der Waals surface area contributed by atoms with Crippen LogP contribution in [0.25, 0.3) is 11.4 Å². The van der Waals surface area contributed by atoms with Crippen molar-refractivity contribution in [3.63, 3.8) is 0 Å². The Kier molecular flexibility index (Phi) is 6.84. The van der Waals surface area contributed by atoms with E-state index in [0.717, 1.165) is 28.0 Å². The van der Waals surface area contributed by atoms with Crippen molar-refractivity contribution < 1.29 is 4.79 Å². The van der Waals surface area contributed by atoms with Crippen LogP contribution in [0.2, 0.25) is 0 Å². The van der Waals surface area contributed by atoms with E-state index >= 15 is 0 Å². The van der Waals surface area contributed by atoms with Crippen LogP contribution in [0.5, 0.6) is 0 Å². The number of carbonyl (C=O) groups excluding carboxylic acids is 1. The maximum absolute atomic E-state index is 12.3. The lowest BCUT2D eigenvalue weighted by Crippen LogP contribution is -2.15. The first-order valence-corrected chi connectivity index (χ1v) is 11.9. The predicted molar refractivity (Wildman–Crippen MR) is 116 cm³/mol. The number of carbonyl (C=O) groups is 1. The Bertz CT molecular complexity index is 943. The molecule has 0 aliphatic carbocycles. The molecule has 150 valence electrons. The number of nitrogens with one attached hydrogen (secondary N) is 1. The zero-order valence-corrected chi connectivity index (χ0v) is 19.0. The highest BCUT2D eigenvalue weighted by atomic mass is 32.2. The summed E-state index contributed by atoms with van der Waals surface area (Å²) in [6, 6.07) is 2.37. The van der Waals surface area contributed by atoms with E-state index in [1.54, 1.807) is 11.3 Å². The van der Waals surface area contributed by atoms with Gasteiger partial charge in [-0.1, -0.05) is 43.9 Å². The Morgan fingerprint density at radius 3 is 2.61 bits per heavy atom. The van der Waals surface area contributed by atoms with E-state index in [1.807, 2.05) is 6.92 Å². The number of rotatable bonds is 8. The predicted octanol–water partition coefficient (Wildman–Crippen LogP) is 4.86. The van der Waals surface area contributed by atoms with Crippen molar-refractivity contribution in [3.8, 4) is 11.4 Å². The topological polar surface area (TPSA) is 85.6 Å². The highest BCUT2D eigenvalue weighted by Crippen LogP contribution is 2.32. The average molecular weight is 437 g/mol. The molecule has 1 amide bonds. The summed E-state index contributed by atoms with van der Waals surface area (Å²) in [5.41, 5.74) is 1.08. The molecule has 0 aliphatic heterocycles. The van der Waals surface area contributed by atoms with Crippen LogP contribution in [-0.2, 0) is 11.2 Å². The summed E-state index contributed by atoms with van der Waals surface area (Å²) < 4.78 is 2.09. The van der Waals surface area contributed by atoms with Gasteiger partial charge < -0.3 is 0 Å². The van der Waals surface area contributed by atoms with Gasteiger partial charge in [0.15, 0.2) is 11.0 Å². The minimum Gasteiger partial charge on any atom is -0.300 e. The summed E-state index contributed by atoms with van der Waals surface area (Å²) in [5.74, 6) is 1.45. The second-order valence-corrected chi connectivity index (χ2v) is 9.80. The SMILES string of the molecule is CCc1nnc(NC(=O)CSc2nnc(-c3csc(C(C)C)c3)n2C(C)C)s1. The van der Waals surface area contributed by atoms with Gasteiger partial charge in [-0.25, -0.2) is 0 Å². The van der Waals surface area contributed by atoms with Gasteiger partial charge in [0.05, 0.1) is 5.75 Å². The minimum atomic E-state index is -0.124. The highest BCUT2D eigenvalue weighted by Gasteiger charge is 2.19. The summed E-state index contributed by atoms with van der Waals surface area (Å²) in [6.07, 6.45) is 0.809. The number of thioether (sulfide) groups is 1. The van der Waals surface area contributed by atoms with E-state index < -0.39 is 0 Å². The van der Waals surface area contributed by atoms with Crippen LogP contribution in [0.1, 0.15) is 56.5 Å². The maximum atomic E-state index is 12.3. The van der Waals surface area contributed by atoms with E-state index in [9.17, 15) is 4.79 Å². The Hall–Kier alpha value is -1.78. The zero-order chi connectivity index (χ0) is 20.3. The van der Waals surface area contributed by atoms with Crippen LogP contribution in [0.15, 0.2) is 16.6 Å². The molecule has 0 atom stereocenters. The summed E-state index contributed by atoms with van der Waals surface area (Å²) in [5, 5.41) is 23.8. The Balaban J connectivity index is 1.71. The largest absolute Gasteiger partial charge is 0.300 e. The number of aryl methyl sites for hydroxylation is 1. The first-order valence-electron chi connectivity index (χ1n) is 9.17. The standard InChI is InChI=1S/C18H24N6OS3/c1-6-15-20-22-17(28-15)19-14(25)9-27-18-23-21-16(24(18)11(4)5)12-7-13(10(2)3)26-8-12/h7-8,10-11H,6,9H2,1-5H3,(H,19,22,25). The molecule has 0 fully saturated rings. The highest BCUT2D eigenvalue weighted by molar-refractivity contribution is 7.99. The Morgan fingerprint density at radius 1 is 1.21 bits per heavy atom. The van der Waals surface area contributed by atoms with Gasteiger partial charge in [-0.05, 0) is 32.3 Å². The molecular formula is C18H24N6OS3. The molecule has 0 saturated heterocycles. The number of aromatic nitrogens is 5. The molecule has 28 heavy (non-hydrogen) atoms. The lowest BCUT2D eigenvalue weighted by molar-refractivity contribution is -0.113. The Morgan fingerprint density at radius 2 is 2.00 bits per heavy atom. The van der Waals surface area contributed by atoms with Crippen LogP contribution in [0.4, 0.5) is 5.13 Å². The fourth-order valence-electron chi connectivity index (χ4n) is 2.54. The van der Waals surface area contributed by atoms with Crippen molar-refractivity contribution >= 4 is 45.5 Å². The lowest BCUT2D eigenvalue weighted by atomic mass is 10.1.